The van der Waals surface area contributed by atoms with Crippen LogP contribution in [-0.2, 0) is 0 Å². The van der Waals surface area contributed by atoms with Crippen LogP contribution in [-0.4, -0.2) is 10.5 Å². The molecule has 1 aliphatic rings. The number of hydrogen-bond donors (Lipinski definition) is 0. The molecule has 0 fully saturated rings. The molecule has 94 valence electrons. The number of para-hydroxylation sites is 1. The van der Waals surface area contributed by atoms with E-state index in [-0.39, 0.29) is 5.91 Å². The SMILES string of the molecule is O=C1c2sc3ccccc3c2-c2cc3ccccc3n21. The molecule has 0 radical (unpaired) electrons. The third-order valence-corrected chi connectivity index (χ3v) is 5.12. The predicted octanol–water partition coefficient (Wildman–Crippen LogP) is 4.52. The highest BCUT2D eigenvalue weighted by Gasteiger charge is 2.32. The van der Waals surface area contributed by atoms with Crippen LogP contribution in [0.1, 0.15) is 9.67 Å². The molecule has 5 rings (SSSR count). The highest BCUT2D eigenvalue weighted by atomic mass is 32.1. The zero-order valence-corrected chi connectivity index (χ0v) is 11.3. The molecule has 0 aliphatic carbocycles. The molecule has 3 heterocycles. The fourth-order valence-corrected chi connectivity index (χ4v) is 4.25. The number of hydrogen-bond acceptors (Lipinski definition) is 2. The van der Waals surface area contributed by atoms with Gasteiger partial charge in [0.05, 0.1) is 11.2 Å². The first-order chi connectivity index (χ1) is 9.84. The Morgan fingerprint density at radius 2 is 1.75 bits per heavy atom. The lowest BCUT2D eigenvalue weighted by Gasteiger charge is -1.99. The highest BCUT2D eigenvalue weighted by Crippen LogP contribution is 2.45. The van der Waals surface area contributed by atoms with Crippen LogP contribution in [0.4, 0.5) is 0 Å². The summed E-state index contributed by atoms with van der Waals surface area (Å²) in [4.78, 5) is 13.6. The maximum Gasteiger partial charge on any atom is 0.273 e. The number of carbonyl (C=O) groups excluding carboxylic acids is 1. The van der Waals surface area contributed by atoms with E-state index in [4.69, 9.17) is 0 Å². The van der Waals surface area contributed by atoms with Crippen molar-refractivity contribution in [2.75, 3.05) is 0 Å². The van der Waals surface area contributed by atoms with Crippen LogP contribution in [0, 0.1) is 0 Å². The molecule has 4 aromatic rings. The van der Waals surface area contributed by atoms with E-state index in [1.165, 1.54) is 10.1 Å². The summed E-state index contributed by atoms with van der Waals surface area (Å²) in [6, 6.07) is 18.4. The topological polar surface area (TPSA) is 22.0 Å². The van der Waals surface area contributed by atoms with Gasteiger partial charge in [0.2, 0.25) is 0 Å². The van der Waals surface area contributed by atoms with Crippen LogP contribution in [0.5, 0.6) is 0 Å². The summed E-state index contributed by atoms with van der Waals surface area (Å²) in [5.74, 6) is 0.109. The Hall–Kier alpha value is -2.39. The van der Waals surface area contributed by atoms with Gasteiger partial charge in [-0.1, -0.05) is 36.4 Å². The van der Waals surface area contributed by atoms with Crippen LogP contribution in [0.25, 0.3) is 32.2 Å². The molecule has 1 aliphatic heterocycles. The summed E-state index contributed by atoms with van der Waals surface area (Å²) in [6.07, 6.45) is 0. The first-order valence-electron chi connectivity index (χ1n) is 6.52. The average molecular weight is 275 g/mol. The van der Waals surface area contributed by atoms with Crippen molar-refractivity contribution in [2.45, 2.75) is 0 Å². The second-order valence-electron chi connectivity index (χ2n) is 5.03. The van der Waals surface area contributed by atoms with E-state index < -0.39 is 0 Å². The average Bonchev–Trinajstić information content (AvgIpc) is 3.10. The van der Waals surface area contributed by atoms with Gasteiger partial charge in [0, 0.05) is 21.0 Å². The molecule has 20 heavy (non-hydrogen) atoms. The van der Waals surface area contributed by atoms with Crippen molar-refractivity contribution in [1.82, 2.24) is 4.57 Å². The first kappa shape index (κ1) is 10.4. The van der Waals surface area contributed by atoms with Crippen molar-refractivity contribution in [3.05, 3.63) is 59.5 Å². The number of nitrogens with zero attached hydrogens (tertiary/aromatic N) is 1. The standard InChI is InChI=1S/C17H9NOS/c19-17-16-15(11-6-2-4-8-14(11)20-16)13-9-10-5-1-3-7-12(10)18(13)17/h1-9H. The van der Waals surface area contributed by atoms with E-state index in [0.717, 1.165) is 27.0 Å². The van der Waals surface area contributed by atoms with Gasteiger partial charge in [0.25, 0.3) is 5.91 Å². The van der Waals surface area contributed by atoms with Crippen LogP contribution in [0.3, 0.4) is 0 Å². The Balaban J connectivity index is 2.00. The predicted molar refractivity (Wildman–Crippen MR) is 82.5 cm³/mol. The van der Waals surface area contributed by atoms with Crippen LogP contribution >= 0.6 is 11.3 Å². The molecule has 0 N–H and O–H groups in total. The lowest BCUT2D eigenvalue weighted by Crippen LogP contribution is -2.04. The third-order valence-electron chi connectivity index (χ3n) is 3.96. The zero-order chi connectivity index (χ0) is 13.3. The Morgan fingerprint density at radius 1 is 0.950 bits per heavy atom. The molecule has 2 nitrogen and oxygen atoms in total. The Bertz CT molecular complexity index is 1020. The highest BCUT2D eigenvalue weighted by molar-refractivity contribution is 7.21. The second kappa shape index (κ2) is 3.38. The van der Waals surface area contributed by atoms with Gasteiger partial charge in [-0.05, 0) is 18.2 Å². The molecule has 3 heteroatoms. The number of rotatable bonds is 0. The molecule has 0 spiro atoms. The summed E-state index contributed by atoms with van der Waals surface area (Å²) >= 11 is 1.59. The van der Waals surface area contributed by atoms with Crippen molar-refractivity contribution in [3.63, 3.8) is 0 Å². The zero-order valence-electron chi connectivity index (χ0n) is 10.5. The van der Waals surface area contributed by atoms with Crippen molar-refractivity contribution >= 4 is 38.2 Å². The summed E-state index contributed by atoms with van der Waals surface area (Å²) in [5.41, 5.74) is 3.13. The van der Waals surface area contributed by atoms with Gasteiger partial charge < -0.3 is 0 Å². The van der Waals surface area contributed by atoms with E-state index in [1.807, 2.05) is 34.9 Å². The van der Waals surface area contributed by atoms with Crippen LogP contribution in [0.15, 0.2) is 54.6 Å². The molecule has 0 atom stereocenters. The van der Waals surface area contributed by atoms with E-state index in [9.17, 15) is 4.79 Å². The Kier molecular flexibility index (Phi) is 1.76. The first-order valence-corrected chi connectivity index (χ1v) is 7.33. The summed E-state index contributed by atoms with van der Waals surface area (Å²) in [5, 5.41) is 2.30. The molecular weight excluding hydrogens is 266 g/mol. The van der Waals surface area contributed by atoms with Crippen molar-refractivity contribution < 1.29 is 4.79 Å². The maximum atomic E-state index is 12.7. The smallest absolute Gasteiger partial charge is 0.273 e. The molecule has 2 aromatic heterocycles. The minimum absolute atomic E-state index is 0.109. The van der Waals surface area contributed by atoms with Gasteiger partial charge in [-0.15, -0.1) is 11.3 Å². The monoisotopic (exact) mass is 275 g/mol. The number of aromatic nitrogens is 1. The van der Waals surface area contributed by atoms with Crippen LogP contribution < -0.4 is 0 Å². The number of fused-ring (bicyclic) bond motifs is 7. The molecule has 0 bridgehead atoms. The summed E-state index contributed by atoms with van der Waals surface area (Å²) in [6.45, 7) is 0. The maximum absolute atomic E-state index is 12.7. The minimum atomic E-state index is 0.109. The molecule has 0 unspecified atom stereocenters. The minimum Gasteiger partial charge on any atom is -0.275 e. The van der Waals surface area contributed by atoms with Crippen molar-refractivity contribution in [3.8, 4) is 11.3 Å². The normalized spacial score (nSPS) is 13.1. The van der Waals surface area contributed by atoms with Gasteiger partial charge in [0.1, 0.15) is 4.88 Å². The van der Waals surface area contributed by atoms with Gasteiger partial charge in [0.15, 0.2) is 0 Å². The van der Waals surface area contributed by atoms with E-state index in [1.54, 1.807) is 11.3 Å². The van der Waals surface area contributed by atoms with Gasteiger partial charge in [-0.2, -0.15) is 0 Å². The lowest BCUT2D eigenvalue weighted by molar-refractivity contribution is 0.0977. The van der Waals surface area contributed by atoms with E-state index in [0.29, 0.717) is 0 Å². The largest absolute Gasteiger partial charge is 0.275 e. The molecule has 0 amide bonds. The van der Waals surface area contributed by atoms with E-state index in [2.05, 4.69) is 24.3 Å². The lowest BCUT2D eigenvalue weighted by atomic mass is 10.1. The fourth-order valence-electron chi connectivity index (χ4n) is 3.11. The second-order valence-corrected chi connectivity index (χ2v) is 6.08. The Labute approximate surface area is 118 Å². The quantitative estimate of drug-likeness (QED) is 0.407. The molecular formula is C17H9NOS. The van der Waals surface area contributed by atoms with Gasteiger partial charge in [-0.25, -0.2) is 0 Å². The number of thiophene rings is 1. The van der Waals surface area contributed by atoms with Crippen LogP contribution in [0.2, 0.25) is 0 Å². The summed E-state index contributed by atoms with van der Waals surface area (Å²) in [7, 11) is 0. The molecule has 2 aromatic carbocycles. The number of carbonyl (C=O) groups is 1. The molecule has 0 saturated carbocycles. The fraction of sp³-hybridized carbons (Fsp3) is 0. The summed E-state index contributed by atoms with van der Waals surface area (Å²) < 4.78 is 3.03. The van der Waals surface area contributed by atoms with Crippen molar-refractivity contribution in [2.24, 2.45) is 0 Å². The van der Waals surface area contributed by atoms with Crippen molar-refractivity contribution in [1.29, 1.82) is 0 Å². The van der Waals surface area contributed by atoms with E-state index >= 15 is 0 Å². The molecule has 0 saturated heterocycles. The van der Waals surface area contributed by atoms with Gasteiger partial charge >= 0.3 is 0 Å². The third kappa shape index (κ3) is 1.08. The Morgan fingerprint density at radius 3 is 2.70 bits per heavy atom. The van der Waals surface area contributed by atoms with Gasteiger partial charge in [-0.3, -0.25) is 9.36 Å². The number of benzene rings is 2.